The standard InChI is InChI=1S/C19H27ClN2/c1-19(2)7-6-16(14-22-10-8-21-9-11-22)18(13-19)15-4-3-5-17(20)12-15/h3-5,12,21H,6-11,13-14H2,1-2H3. The van der Waals surface area contributed by atoms with E-state index in [0.717, 1.165) is 44.2 Å². The highest BCUT2D eigenvalue weighted by Crippen LogP contribution is 2.43. The third kappa shape index (κ3) is 3.92. The van der Waals surface area contributed by atoms with E-state index in [-0.39, 0.29) is 0 Å². The minimum absolute atomic E-state index is 0.393. The zero-order valence-corrected chi connectivity index (χ0v) is 14.5. The summed E-state index contributed by atoms with van der Waals surface area (Å²) in [5.41, 5.74) is 4.89. The second kappa shape index (κ2) is 6.74. The molecule has 1 fully saturated rings. The molecule has 1 aromatic carbocycles. The summed E-state index contributed by atoms with van der Waals surface area (Å²) in [5.74, 6) is 0. The average Bonchev–Trinajstić information content (AvgIpc) is 2.50. The highest BCUT2D eigenvalue weighted by Gasteiger charge is 2.28. The van der Waals surface area contributed by atoms with Gasteiger partial charge < -0.3 is 5.32 Å². The van der Waals surface area contributed by atoms with Crippen LogP contribution in [0.5, 0.6) is 0 Å². The molecule has 0 atom stereocenters. The number of nitrogens with zero attached hydrogens (tertiary/aromatic N) is 1. The second-order valence-corrected chi connectivity index (χ2v) is 7.90. The molecule has 120 valence electrons. The molecular weight excluding hydrogens is 292 g/mol. The summed E-state index contributed by atoms with van der Waals surface area (Å²) in [4.78, 5) is 2.59. The Hall–Kier alpha value is -0.830. The van der Waals surface area contributed by atoms with Crippen LogP contribution in [0.25, 0.3) is 5.57 Å². The molecule has 0 amide bonds. The van der Waals surface area contributed by atoms with Crippen molar-refractivity contribution in [1.82, 2.24) is 10.2 Å². The lowest BCUT2D eigenvalue weighted by Crippen LogP contribution is -2.44. The number of piperazine rings is 1. The summed E-state index contributed by atoms with van der Waals surface area (Å²) in [6, 6.07) is 8.40. The molecule has 0 saturated carbocycles. The maximum Gasteiger partial charge on any atom is 0.0412 e. The number of rotatable bonds is 3. The van der Waals surface area contributed by atoms with Crippen LogP contribution in [0.4, 0.5) is 0 Å². The van der Waals surface area contributed by atoms with Gasteiger partial charge in [-0.25, -0.2) is 0 Å². The largest absolute Gasteiger partial charge is 0.314 e. The number of allylic oxidation sites excluding steroid dienone is 1. The van der Waals surface area contributed by atoms with Gasteiger partial charge in [0, 0.05) is 37.7 Å². The van der Waals surface area contributed by atoms with Gasteiger partial charge in [-0.15, -0.1) is 0 Å². The van der Waals surface area contributed by atoms with E-state index in [9.17, 15) is 0 Å². The molecule has 1 saturated heterocycles. The van der Waals surface area contributed by atoms with Gasteiger partial charge in [-0.1, -0.05) is 43.2 Å². The summed E-state index contributed by atoms with van der Waals surface area (Å²) >= 11 is 6.23. The zero-order chi connectivity index (χ0) is 15.6. The fourth-order valence-electron chi connectivity index (χ4n) is 3.63. The predicted octanol–water partition coefficient (Wildman–Crippen LogP) is 4.21. The fourth-order valence-corrected chi connectivity index (χ4v) is 3.82. The van der Waals surface area contributed by atoms with Gasteiger partial charge in [0.2, 0.25) is 0 Å². The third-order valence-corrected chi connectivity index (χ3v) is 5.22. The van der Waals surface area contributed by atoms with Gasteiger partial charge in [0.25, 0.3) is 0 Å². The van der Waals surface area contributed by atoms with Crippen LogP contribution in [0.1, 0.15) is 38.7 Å². The molecule has 1 heterocycles. The van der Waals surface area contributed by atoms with Crippen LogP contribution in [0.15, 0.2) is 29.8 Å². The molecule has 1 aliphatic heterocycles. The third-order valence-electron chi connectivity index (χ3n) is 4.98. The van der Waals surface area contributed by atoms with Crippen molar-refractivity contribution in [3.63, 3.8) is 0 Å². The number of halogens is 1. The van der Waals surface area contributed by atoms with Crippen LogP contribution in [0.2, 0.25) is 5.02 Å². The van der Waals surface area contributed by atoms with Crippen molar-refractivity contribution in [2.45, 2.75) is 33.1 Å². The van der Waals surface area contributed by atoms with Crippen molar-refractivity contribution in [2.75, 3.05) is 32.7 Å². The lowest BCUT2D eigenvalue weighted by molar-refractivity contribution is 0.249. The minimum Gasteiger partial charge on any atom is -0.314 e. The molecular formula is C19H27ClN2. The highest BCUT2D eigenvalue weighted by molar-refractivity contribution is 6.30. The van der Waals surface area contributed by atoms with Gasteiger partial charge in [0.1, 0.15) is 0 Å². The Labute approximate surface area is 139 Å². The van der Waals surface area contributed by atoms with E-state index < -0.39 is 0 Å². The number of nitrogens with one attached hydrogen (secondary N) is 1. The normalized spacial score (nSPS) is 22.9. The van der Waals surface area contributed by atoms with Crippen LogP contribution in [0, 0.1) is 5.41 Å². The van der Waals surface area contributed by atoms with E-state index in [1.54, 1.807) is 5.57 Å². The minimum atomic E-state index is 0.393. The van der Waals surface area contributed by atoms with Crippen LogP contribution >= 0.6 is 11.6 Å². The number of hydrogen-bond donors (Lipinski definition) is 1. The van der Waals surface area contributed by atoms with E-state index in [1.807, 2.05) is 6.07 Å². The van der Waals surface area contributed by atoms with Gasteiger partial charge in [-0.3, -0.25) is 4.90 Å². The molecule has 0 bridgehead atoms. The fraction of sp³-hybridized carbons (Fsp3) is 0.579. The van der Waals surface area contributed by atoms with Crippen LogP contribution in [-0.4, -0.2) is 37.6 Å². The van der Waals surface area contributed by atoms with Crippen LogP contribution in [-0.2, 0) is 0 Å². The first-order chi connectivity index (χ1) is 10.5. The van der Waals surface area contributed by atoms with Crippen LogP contribution in [0.3, 0.4) is 0 Å². The SMILES string of the molecule is CC1(C)CCC(CN2CCNCC2)=C(c2cccc(Cl)c2)C1. The molecule has 0 unspecified atom stereocenters. The summed E-state index contributed by atoms with van der Waals surface area (Å²) in [7, 11) is 0. The lowest BCUT2D eigenvalue weighted by atomic mass is 9.72. The Morgan fingerprint density at radius 3 is 2.73 bits per heavy atom. The monoisotopic (exact) mass is 318 g/mol. The van der Waals surface area contributed by atoms with Gasteiger partial charge >= 0.3 is 0 Å². The van der Waals surface area contributed by atoms with Gasteiger partial charge in [0.15, 0.2) is 0 Å². The first kappa shape index (κ1) is 16.0. The Bertz CT molecular complexity index is 556. The molecule has 22 heavy (non-hydrogen) atoms. The summed E-state index contributed by atoms with van der Waals surface area (Å²) in [5, 5.41) is 4.28. The summed E-state index contributed by atoms with van der Waals surface area (Å²) in [6.45, 7) is 10.5. The highest BCUT2D eigenvalue weighted by atomic mass is 35.5. The Kier molecular flexibility index (Phi) is 4.91. The molecule has 0 radical (unpaired) electrons. The van der Waals surface area contributed by atoms with Crippen LogP contribution < -0.4 is 5.32 Å². The molecule has 1 aromatic rings. The predicted molar refractivity (Wildman–Crippen MR) is 95.3 cm³/mol. The molecule has 1 aliphatic carbocycles. The smallest absolute Gasteiger partial charge is 0.0412 e. The van der Waals surface area contributed by atoms with Crippen molar-refractivity contribution in [3.8, 4) is 0 Å². The maximum atomic E-state index is 6.23. The molecule has 2 aliphatic rings. The van der Waals surface area contributed by atoms with E-state index in [2.05, 4.69) is 42.3 Å². The molecule has 0 spiro atoms. The zero-order valence-electron chi connectivity index (χ0n) is 13.8. The summed E-state index contributed by atoms with van der Waals surface area (Å²) < 4.78 is 0. The topological polar surface area (TPSA) is 15.3 Å². The Balaban J connectivity index is 1.89. The Morgan fingerprint density at radius 2 is 2.00 bits per heavy atom. The first-order valence-electron chi connectivity index (χ1n) is 8.43. The quantitative estimate of drug-likeness (QED) is 0.898. The van der Waals surface area contributed by atoms with Gasteiger partial charge in [0.05, 0.1) is 0 Å². The molecule has 1 N–H and O–H groups in total. The van der Waals surface area contributed by atoms with E-state index in [4.69, 9.17) is 11.6 Å². The van der Waals surface area contributed by atoms with Crippen molar-refractivity contribution in [3.05, 3.63) is 40.4 Å². The average molecular weight is 319 g/mol. The molecule has 2 nitrogen and oxygen atoms in total. The van der Waals surface area contributed by atoms with Gasteiger partial charge in [-0.2, -0.15) is 0 Å². The van der Waals surface area contributed by atoms with E-state index in [1.165, 1.54) is 24.0 Å². The lowest BCUT2D eigenvalue weighted by Gasteiger charge is -2.36. The van der Waals surface area contributed by atoms with Crippen molar-refractivity contribution in [1.29, 1.82) is 0 Å². The van der Waals surface area contributed by atoms with E-state index in [0.29, 0.717) is 5.41 Å². The Morgan fingerprint density at radius 1 is 1.23 bits per heavy atom. The molecule has 0 aromatic heterocycles. The number of hydrogen-bond acceptors (Lipinski definition) is 2. The first-order valence-corrected chi connectivity index (χ1v) is 8.81. The van der Waals surface area contributed by atoms with Crippen molar-refractivity contribution >= 4 is 17.2 Å². The summed E-state index contributed by atoms with van der Waals surface area (Å²) in [6.07, 6.45) is 3.67. The second-order valence-electron chi connectivity index (χ2n) is 7.46. The van der Waals surface area contributed by atoms with Crippen molar-refractivity contribution in [2.24, 2.45) is 5.41 Å². The molecule has 3 rings (SSSR count). The molecule has 3 heteroatoms. The number of benzene rings is 1. The van der Waals surface area contributed by atoms with Crippen molar-refractivity contribution < 1.29 is 0 Å². The maximum absolute atomic E-state index is 6.23. The van der Waals surface area contributed by atoms with E-state index >= 15 is 0 Å². The van der Waals surface area contributed by atoms with Gasteiger partial charge in [-0.05, 0) is 47.9 Å².